The predicted octanol–water partition coefficient (Wildman–Crippen LogP) is 3.35. The van der Waals surface area contributed by atoms with Crippen LogP contribution in [0.3, 0.4) is 0 Å². The summed E-state index contributed by atoms with van der Waals surface area (Å²) in [6.45, 7) is 1.07. The van der Waals surface area contributed by atoms with E-state index in [4.69, 9.17) is 16.3 Å². The van der Waals surface area contributed by atoms with Gasteiger partial charge in [-0.15, -0.1) is 0 Å². The molecule has 0 radical (unpaired) electrons. The number of benzene rings is 2. The van der Waals surface area contributed by atoms with E-state index in [0.717, 1.165) is 5.56 Å². The van der Waals surface area contributed by atoms with Crippen LogP contribution in [0.2, 0.25) is 5.02 Å². The summed E-state index contributed by atoms with van der Waals surface area (Å²) < 4.78 is 5.17. The van der Waals surface area contributed by atoms with Crippen LogP contribution in [0.5, 0.6) is 5.75 Å². The molecule has 1 aliphatic rings. The Morgan fingerprint density at radius 3 is 2.57 bits per heavy atom. The van der Waals surface area contributed by atoms with Crippen molar-refractivity contribution in [3.8, 4) is 5.75 Å². The first kappa shape index (κ1) is 19.9. The molecule has 0 saturated carbocycles. The summed E-state index contributed by atoms with van der Waals surface area (Å²) in [7, 11) is 1.57. The van der Waals surface area contributed by atoms with E-state index in [1.165, 1.54) is 0 Å². The maximum absolute atomic E-state index is 12.6. The predicted molar refractivity (Wildman–Crippen MR) is 109 cm³/mol. The number of nitrogens with zero attached hydrogens (tertiary/aromatic N) is 2. The molecule has 6 nitrogen and oxygen atoms in total. The zero-order valence-corrected chi connectivity index (χ0v) is 16.4. The highest BCUT2D eigenvalue weighted by Crippen LogP contribution is 2.21. The van der Waals surface area contributed by atoms with Crippen LogP contribution in [0.4, 0.5) is 0 Å². The number of likely N-dealkylation sites (tertiary alicyclic amines) is 1. The number of hydrogen-bond acceptors (Lipinski definition) is 4. The van der Waals surface area contributed by atoms with Gasteiger partial charge in [-0.2, -0.15) is 5.10 Å². The number of hydrogen-bond donors (Lipinski definition) is 1. The molecule has 7 heteroatoms. The van der Waals surface area contributed by atoms with Crippen molar-refractivity contribution >= 4 is 29.6 Å². The Labute approximate surface area is 169 Å². The minimum Gasteiger partial charge on any atom is -0.497 e. The van der Waals surface area contributed by atoms with Gasteiger partial charge in [-0.3, -0.25) is 9.59 Å². The lowest BCUT2D eigenvalue weighted by Gasteiger charge is -2.31. The lowest BCUT2D eigenvalue weighted by atomic mass is 9.95. The number of nitrogens with one attached hydrogen (secondary N) is 1. The monoisotopic (exact) mass is 399 g/mol. The number of carbonyl (C=O) groups is 2. The van der Waals surface area contributed by atoms with E-state index in [9.17, 15) is 9.59 Å². The molecule has 0 spiro atoms. The van der Waals surface area contributed by atoms with Crippen molar-refractivity contribution in [3.05, 3.63) is 64.7 Å². The number of halogens is 1. The van der Waals surface area contributed by atoms with Crippen LogP contribution in [-0.4, -0.2) is 43.1 Å². The second-order valence-electron chi connectivity index (χ2n) is 6.58. The summed E-state index contributed by atoms with van der Waals surface area (Å²) >= 11 is 5.84. The fraction of sp³-hybridized carbons (Fsp3) is 0.286. The van der Waals surface area contributed by atoms with E-state index in [1.807, 2.05) is 12.1 Å². The van der Waals surface area contributed by atoms with E-state index in [2.05, 4.69) is 10.5 Å². The fourth-order valence-corrected chi connectivity index (χ4v) is 3.22. The van der Waals surface area contributed by atoms with Gasteiger partial charge in [-0.25, -0.2) is 5.43 Å². The molecule has 0 atom stereocenters. The van der Waals surface area contributed by atoms with Gasteiger partial charge in [0.15, 0.2) is 0 Å². The van der Waals surface area contributed by atoms with E-state index in [-0.39, 0.29) is 17.7 Å². The Hall–Kier alpha value is -2.86. The molecule has 1 heterocycles. The fourth-order valence-electron chi connectivity index (χ4n) is 3.09. The van der Waals surface area contributed by atoms with Crippen LogP contribution >= 0.6 is 11.6 Å². The Kier molecular flexibility index (Phi) is 6.66. The molecule has 1 saturated heterocycles. The molecule has 146 valence electrons. The molecule has 2 aromatic carbocycles. The van der Waals surface area contributed by atoms with E-state index in [0.29, 0.717) is 42.3 Å². The summed E-state index contributed by atoms with van der Waals surface area (Å²) in [5.74, 6) is 0.326. The van der Waals surface area contributed by atoms with Crippen molar-refractivity contribution in [2.75, 3.05) is 20.2 Å². The quantitative estimate of drug-likeness (QED) is 0.619. The number of carbonyl (C=O) groups excluding carboxylic acids is 2. The average Bonchev–Trinajstić information content (AvgIpc) is 2.74. The lowest BCUT2D eigenvalue weighted by molar-refractivity contribution is -0.126. The SMILES string of the molecule is COc1cccc(C(=O)N2CCC(C(=O)N/N=C\c3ccc(Cl)cc3)CC2)c1. The molecule has 0 bridgehead atoms. The number of rotatable bonds is 5. The van der Waals surface area contributed by atoms with Crippen LogP contribution in [0.25, 0.3) is 0 Å². The van der Waals surface area contributed by atoms with Crippen molar-refractivity contribution < 1.29 is 14.3 Å². The molecular weight excluding hydrogens is 378 g/mol. The summed E-state index contributed by atoms with van der Waals surface area (Å²) in [6, 6.07) is 14.3. The summed E-state index contributed by atoms with van der Waals surface area (Å²) in [4.78, 5) is 26.7. The van der Waals surface area contributed by atoms with Crippen LogP contribution < -0.4 is 10.2 Å². The highest BCUT2D eigenvalue weighted by atomic mass is 35.5. The van der Waals surface area contributed by atoms with Crippen LogP contribution in [0.1, 0.15) is 28.8 Å². The second-order valence-corrected chi connectivity index (χ2v) is 7.02. The van der Waals surface area contributed by atoms with Crippen LogP contribution in [-0.2, 0) is 4.79 Å². The van der Waals surface area contributed by atoms with Gasteiger partial charge in [0.05, 0.1) is 13.3 Å². The van der Waals surface area contributed by atoms with E-state index >= 15 is 0 Å². The lowest BCUT2D eigenvalue weighted by Crippen LogP contribution is -2.42. The molecule has 0 aromatic heterocycles. The molecule has 2 aromatic rings. The molecule has 0 aliphatic carbocycles. The third-order valence-electron chi connectivity index (χ3n) is 4.73. The van der Waals surface area contributed by atoms with Crippen molar-refractivity contribution in [3.63, 3.8) is 0 Å². The third-order valence-corrected chi connectivity index (χ3v) is 4.98. The van der Waals surface area contributed by atoms with Gasteiger partial charge < -0.3 is 9.64 Å². The van der Waals surface area contributed by atoms with Gasteiger partial charge in [0.25, 0.3) is 5.91 Å². The van der Waals surface area contributed by atoms with Crippen molar-refractivity contribution in [2.24, 2.45) is 11.0 Å². The van der Waals surface area contributed by atoms with E-state index in [1.54, 1.807) is 54.6 Å². The molecule has 1 N–H and O–H groups in total. The number of amides is 2. The number of methoxy groups -OCH3 is 1. The molecule has 2 amide bonds. The highest BCUT2D eigenvalue weighted by molar-refractivity contribution is 6.30. The van der Waals surface area contributed by atoms with Gasteiger partial charge in [-0.05, 0) is 48.7 Å². The van der Waals surface area contributed by atoms with Crippen LogP contribution in [0.15, 0.2) is 53.6 Å². The highest BCUT2D eigenvalue weighted by Gasteiger charge is 2.27. The van der Waals surface area contributed by atoms with Gasteiger partial charge in [0.2, 0.25) is 5.91 Å². The summed E-state index contributed by atoms with van der Waals surface area (Å²) in [6.07, 6.45) is 2.80. The molecule has 3 rings (SSSR count). The Morgan fingerprint density at radius 2 is 1.89 bits per heavy atom. The molecule has 0 unspecified atom stereocenters. The van der Waals surface area contributed by atoms with Crippen molar-refractivity contribution in [1.29, 1.82) is 0 Å². The topological polar surface area (TPSA) is 71.0 Å². The summed E-state index contributed by atoms with van der Waals surface area (Å²) in [5, 5.41) is 4.65. The molecule has 1 fully saturated rings. The molecule has 1 aliphatic heterocycles. The van der Waals surface area contributed by atoms with Crippen LogP contribution in [0, 0.1) is 5.92 Å². The maximum Gasteiger partial charge on any atom is 0.253 e. The minimum absolute atomic E-state index is 0.0430. The first-order chi connectivity index (χ1) is 13.6. The van der Waals surface area contributed by atoms with Gasteiger partial charge >= 0.3 is 0 Å². The van der Waals surface area contributed by atoms with Gasteiger partial charge in [0, 0.05) is 29.6 Å². The first-order valence-corrected chi connectivity index (χ1v) is 9.46. The largest absolute Gasteiger partial charge is 0.497 e. The van der Waals surface area contributed by atoms with Gasteiger partial charge in [0.1, 0.15) is 5.75 Å². The summed E-state index contributed by atoms with van der Waals surface area (Å²) in [5.41, 5.74) is 4.03. The Balaban J connectivity index is 1.49. The third kappa shape index (κ3) is 5.10. The average molecular weight is 400 g/mol. The first-order valence-electron chi connectivity index (χ1n) is 9.08. The minimum atomic E-state index is -0.156. The molecular formula is C21H22ClN3O3. The maximum atomic E-state index is 12.6. The van der Waals surface area contributed by atoms with Crippen molar-refractivity contribution in [2.45, 2.75) is 12.8 Å². The number of piperidine rings is 1. The smallest absolute Gasteiger partial charge is 0.253 e. The zero-order valence-electron chi connectivity index (χ0n) is 15.6. The Morgan fingerprint density at radius 1 is 1.18 bits per heavy atom. The van der Waals surface area contributed by atoms with Crippen molar-refractivity contribution in [1.82, 2.24) is 10.3 Å². The number of ether oxygens (including phenoxy) is 1. The second kappa shape index (κ2) is 9.37. The van der Waals surface area contributed by atoms with E-state index < -0.39 is 0 Å². The van der Waals surface area contributed by atoms with Gasteiger partial charge in [-0.1, -0.05) is 29.8 Å². The standard InChI is InChI=1S/C21H22ClN3O3/c1-28-19-4-2-3-17(13-19)21(27)25-11-9-16(10-12-25)20(26)24-23-14-15-5-7-18(22)8-6-15/h2-8,13-14,16H,9-12H2,1H3,(H,24,26)/b23-14-. The zero-order chi connectivity index (χ0) is 19.9. The number of hydrazone groups is 1. The Bertz CT molecular complexity index is 859. The molecule has 28 heavy (non-hydrogen) atoms. The normalized spacial score (nSPS) is 14.9.